The lowest BCUT2D eigenvalue weighted by Gasteiger charge is -2.38. The highest BCUT2D eigenvalue weighted by molar-refractivity contribution is 5.66. The number of carboxylic acid groups (broad SMARTS) is 1. The third-order valence-corrected chi connectivity index (χ3v) is 3.57. The lowest BCUT2D eigenvalue weighted by atomic mass is 10.1. The first kappa shape index (κ1) is 14.0. The predicted molar refractivity (Wildman–Crippen MR) is 73.0 cm³/mol. The van der Waals surface area contributed by atoms with Crippen molar-refractivity contribution in [3.8, 4) is 0 Å². The van der Waals surface area contributed by atoms with Crippen LogP contribution in [0.1, 0.15) is 31.4 Å². The van der Waals surface area contributed by atoms with Crippen molar-refractivity contribution in [3.63, 3.8) is 0 Å². The van der Waals surface area contributed by atoms with Gasteiger partial charge in [0.25, 0.3) is 0 Å². The Balaban J connectivity index is 1.90. The molecule has 2 rings (SSSR count). The van der Waals surface area contributed by atoms with Crippen LogP contribution in [0, 0.1) is 0 Å². The van der Waals surface area contributed by atoms with Gasteiger partial charge >= 0.3 is 5.97 Å². The molecule has 0 aliphatic carbocycles. The van der Waals surface area contributed by atoms with E-state index < -0.39 is 5.97 Å². The highest BCUT2D eigenvalue weighted by atomic mass is 16.5. The largest absolute Gasteiger partial charge is 0.481 e. The first-order valence-corrected chi connectivity index (χ1v) is 6.79. The van der Waals surface area contributed by atoms with Crippen LogP contribution in [0.4, 0.5) is 0 Å². The topological polar surface area (TPSA) is 49.8 Å². The zero-order chi connectivity index (χ0) is 13.7. The van der Waals surface area contributed by atoms with Gasteiger partial charge in [-0.3, -0.25) is 9.69 Å². The van der Waals surface area contributed by atoms with Gasteiger partial charge < -0.3 is 9.84 Å². The van der Waals surface area contributed by atoms with Crippen LogP contribution in [-0.2, 0) is 9.53 Å². The van der Waals surface area contributed by atoms with E-state index in [-0.39, 0.29) is 12.5 Å². The molecule has 104 valence electrons. The second-order valence-electron chi connectivity index (χ2n) is 5.07. The Morgan fingerprint density at radius 3 is 2.84 bits per heavy atom. The Kier molecular flexibility index (Phi) is 4.93. The number of carbonyl (C=O) groups is 1. The van der Waals surface area contributed by atoms with Gasteiger partial charge in [0.05, 0.1) is 12.7 Å². The first-order valence-electron chi connectivity index (χ1n) is 6.79. The summed E-state index contributed by atoms with van der Waals surface area (Å²) in [6.07, 6.45) is 1.03. The zero-order valence-corrected chi connectivity index (χ0v) is 11.3. The highest BCUT2D eigenvalue weighted by Gasteiger charge is 2.26. The van der Waals surface area contributed by atoms with Crippen molar-refractivity contribution in [1.29, 1.82) is 0 Å². The van der Waals surface area contributed by atoms with Crippen LogP contribution in [0.15, 0.2) is 30.3 Å². The molecule has 1 aromatic rings. The van der Waals surface area contributed by atoms with Crippen molar-refractivity contribution in [2.24, 2.45) is 0 Å². The Hall–Kier alpha value is -1.39. The van der Waals surface area contributed by atoms with Gasteiger partial charge in [-0.25, -0.2) is 0 Å². The predicted octanol–water partition coefficient (Wildman–Crippen LogP) is 2.31. The number of hydrogen-bond acceptors (Lipinski definition) is 3. The van der Waals surface area contributed by atoms with Gasteiger partial charge in [-0.2, -0.15) is 0 Å². The maximum absolute atomic E-state index is 10.6. The maximum Gasteiger partial charge on any atom is 0.303 e. The lowest BCUT2D eigenvalue weighted by Crippen LogP contribution is -2.45. The molecule has 0 spiro atoms. The highest BCUT2D eigenvalue weighted by Crippen LogP contribution is 2.24. The van der Waals surface area contributed by atoms with Crippen LogP contribution < -0.4 is 0 Å². The summed E-state index contributed by atoms with van der Waals surface area (Å²) >= 11 is 0. The van der Waals surface area contributed by atoms with Crippen molar-refractivity contribution in [2.75, 3.05) is 19.7 Å². The number of hydrogen-bond donors (Lipinski definition) is 1. The van der Waals surface area contributed by atoms with Gasteiger partial charge in [-0.05, 0) is 25.5 Å². The average molecular weight is 263 g/mol. The van der Waals surface area contributed by atoms with Crippen molar-refractivity contribution in [1.82, 2.24) is 4.90 Å². The lowest BCUT2D eigenvalue weighted by molar-refractivity contribution is -0.137. The minimum Gasteiger partial charge on any atom is -0.481 e. The monoisotopic (exact) mass is 263 g/mol. The quantitative estimate of drug-likeness (QED) is 0.885. The molecule has 2 unspecified atom stereocenters. The fourth-order valence-corrected chi connectivity index (χ4v) is 2.42. The van der Waals surface area contributed by atoms with Gasteiger partial charge in [0.2, 0.25) is 0 Å². The summed E-state index contributed by atoms with van der Waals surface area (Å²) in [6, 6.07) is 10.6. The van der Waals surface area contributed by atoms with Crippen LogP contribution in [0.5, 0.6) is 0 Å². The Bertz CT molecular complexity index is 407. The van der Waals surface area contributed by atoms with E-state index >= 15 is 0 Å². The minimum atomic E-state index is -0.722. The van der Waals surface area contributed by atoms with Gasteiger partial charge in [0.15, 0.2) is 0 Å². The third kappa shape index (κ3) is 4.04. The van der Waals surface area contributed by atoms with Crippen LogP contribution in [-0.4, -0.2) is 41.7 Å². The molecular formula is C15H21NO3. The summed E-state index contributed by atoms with van der Waals surface area (Å²) in [7, 11) is 0. The number of nitrogens with zero attached hydrogens (tertiary/aromatic N) is 1. The molecule has 0 radical (unpaired) electrons. The van der Waals surface area contributed by atoms with Crippen LogP contribution in [0.25, 0.3) is 0 Å². The van der Waals surface area contributed by atoms with Crippen LogP contribution in [0.3, 0.4) is 0 Å². The van der Waals surface area contributed by atoms with E-state index in [1.807, 2.05) is 18.2 Å². The van der Waals surface area contributed by atoms with Gasteiger partial charge in [-0.1, -0.05) is 30.3 Å². The van der Waals surface area contributed by atoms with Gasteiger partial charge in [-0.15, -0.1) is 0 Å². The van der Waals surface area contributed by atoms with Crippen LogP contribution in [0.2, 0.25) is 0 Å². The number of carboxylic acids is 1. The van der Waals surface area contributed by atoms with E-state index in [0.29, 0.717) is 19.1 Å². The van der Waals surface area contributed by atoms with Crippen molar-refractivity contribution in [2.45, 2.75) is 31.9 Å². The molecule has 1 aliphatic rings. The number of ether oxygens (including phenoxy) is 1. The summed E-state index contributed by atoms with van der Waals surface area (Å²) in [6.45, 7) is 4.49. The number of morpholine rings is 1. The third-order valence-electron chi connectivity index (χ3n) is 3.57. The molecule has 0 saturated carbocycles. The molecule has 0 bridgehead atoms. The Labute approximate surface area is 114 Å². The van der Waals surface area contributed by atoms with Gasteiger partial charge in [0, 0.05) is 19.0 Å². The molecule has 1 N–H and O–H groups in total. The molecule has 1 saturated heterocycles. The molecule has 1 aliphatic heterocycles. The maximum atomic E-state index is 10.6. The van der Waals surface area contributed by atoms with E-state index in [4.69, 9.17) is 9.84 Å². The summed E-state index contributed by atoms with van der Waals surface area (Å²) < 4.78 is 5.88. The molecule has 19 heavy (non-hydrogen) atoms. The SMILES string of the molecule is CC1COC(c2ccccc2)CN1CCCC(=O)O. The number of aliphatic carboxylic acids is 1. The molecule has 1 heterocycles. The summed E-state index contributed by atoms with van der Waals surface area (Å²) in [4.78, 5) is 12.9. The van der Waals surface area contributed by atoms with E-state index in [1.54, 1.807) is 0 Å². The summed E-state index contributed by atoms with van der Waals surface area (Å²) in [5.41, 5.74) is 1.19. The molecule has 1 fully saturated rings. The summed E-state index contributed by atoms with van der Waals surface area (Å²) in [5.74, 6) is -0.722. The van der Waals surface area contributed by atoms with E-state index in [9.17, 15) is 4.79 Å². The Morgan fingerprint density at radius 2 is 2.16 bits per heavy atom. The van der Waals surface area contributed by atoms with Crippen molar-refractivity contribution < 1.29 is 14.6 Å². The molecule has 2 atom stereocenters. The fourth-order valence-electron chi connectivity index (χ4n) is 2.42. The minimum absolute atomic E-state index is 0.0993. The Morgan fingerprint density at radius 1 is 1.42 bits per heavy atom. The first-order chi connectivity index (χ1) is 9.16. The molecule has 0 aromatic heterocycles. The molecule has 0 amide bonds. The van der Waals surface area contributed by atoms with Crippen LogP contribution >= 0.6 is 0 Å². The normalized spacial score (nSPS) is 24.3. The zero-order valence-electron chi connectivity index (χ0n) is 11.3. The average Bonchev–Trinajstić information content (AvgIpc) is 2.41. The standard InChI is InChI=1S/C15H21NO3/c1-12-11-19-14(13-6-3-2-4-7-13)10-16(12)9-5-8-15(17)18/h2-4,6-7,12,14H,5,8-11H2,1H3,(H,17,18). The van der Waals surface area contributed by atoms with Gasteiger partial charge in [0.1, 0.15) is 0 Å². The molecule has 4 heteroatoms. The van der Waals surface area contributed by atoms with Crippen molar-refractivity contribution >= 4 is 5.97 Å². The van der Waals surface area contributed by atoms with Crippen molar-refractivity contribution in [3.05, 3.63) is 35.9 Å². The second-order valence-corrected chi connectivity index (χ2v) is 5.07. The second kappa shape index (κ2) is 6.68. The number of benzene rings is 1. The molecule has 4 nitrogen and oxygen atoms in total. The fraction of sp³-hybridized carbons (Fsp3) is 0.533. The smallest absolute Gasteiger partial charge is 0.303 e. The van der Waals surface area contributed by atoms with E-state index in [1.165, 1.54) is 5.56 Å². The summed E-state index contributed by atoms with van der Waals surface area (Å²) in [5, 5.41) is 8.70. The van der Waals surface area contributed by atoms with E-state index in [2.05, 4.69) is 24.0 Å². The van der Waals surface area contributed by atoms with E-state index in [0.717, 1.165) is 13.1 Å². The molecular weight excluding hydrogens is 242 g/mol. The number of rotatable bonds is 5. The molecule has 1 aromatic carbocycles.